The molecule has 4 aromatic rings. The number of aromatic nitrogens is 6. The molecule has 2 aromatic heterocycles. The highest BCUT2D eigenvalue weighted by Gasteiger charge is 2.15. The summed E-state index contributed by atoms with van der Waals surface area (Å²) in [4.78, 5) is 0. The monoisotopic (exact) mass is 264 g/mol. The third-order valence-electron chi connectivity index (χ3n) is 3.46. The number of hydrogen-bond acceptors (Lipinski definition) is 4. The Labute approximate surface area is 114 Å². The second-order valence-electron chi connectivity index (χ2n) is 4.68. The molecule has 20 heavy (non-hydrogen) atoms. The van der Waals surface area contributed by atoms with Crippen LogP contribution in [0.2, 0.25) is 0 Å². The Morgan fingerprint density at radius 3 is 1.70 bits per heavy atom. The highest BCUT2D eigenvalue weighted by atomic mass is 15.5. The Morgan fingerprint density at radius 2 is 1.20 bits per heavy atom. The molecule has 4 rings (SSSR count). The molecule has 0 radical (unpaired) electrons. The lowest BCUT2D eigenvalue weighted by atomic mass is 10.3. The molecule has 98 valence electrons. The first-order valence-corrected chi connectivity index (χ1v) is 6.44. The van der Waals surface area contributed by atoms with Crippen LogP contribution < -0.4 is 0 Å². The second-order valence-corrected chi connectivity index (χ2v) is 4.68. The first-order valence-electron chi connectivity index (χ1n) is 6.44. The van der Waals surface area contributed by atoms with Gasteiger partial charge in [0.2, 0.25) is 0 Å². The van der Waals surface area contributed by atoms with Crippen molar-refractivity contribution in [3.05, 3.63) is 48.5 Å². The second kappa shape index (κ2) is 4.12. The van der Waals surface area contributed by atoms with Crippen molar-refractivity contribution in [2.24, 2.45) is 0 Å². The van der Waals surface area contributed by atoms with E-state index in [-0.39, 0.29) is 6.17 Å². The van der Waals surface area contributed by atoms with E-state index in [2.05, 4.69) is 20.6 Å². The zero-order valence-corrected chi connectivity index (χ0v) is 10.9. The molecule has 0 fully saturated rings. The molecule has 6 nitrogen and oxygen atoms in total. The SMILES string of the molecule is CC(n1nnc2ccccc21)n1nnc2ccccc21. The molecule has 0 spiro atoms. The van der Waals surface area contributed by atoms with Gasteiger partial charge in [-0.1, -0.05) is 34.7 Å². The molecule has 0 saturated heterocycles. The quantitative estimate of drug-likeness (QED) is 0.557. The van der Waals surface area contributed by atoms with Crippen LogP contribution in [-0.2, 0) is 0 Å². The van der Waals surface area contributed by atoms with Crippen molar-refractivity contribution in [2.75, 3.05) is 0 Å². The first kappa shape index (κ1) is 11.1. The maximum atomic E-state index is 4.24. The van der Waals surface area contributed by atoms with Crippen LogP contribution in [0.3, 0.4) is 0 Å². The van der Waals surface area contributed by atoms with Crippen molar-refractivity contribution in [1.29, 1.82) is 0 Å². The van der Waals surface area contributed by atoms with Gasteiger partial charge in [0, 0.05) is 0 Å². The summed E-state index contributed by atoms with van der Waals surface area (Å²) in [6, 6.07) is 15.8. The van der Waals surface area contributed by atoms with Crippen molar-refractivity contribution < 1.29 is 0 Å². The van der Waals surface area contributed by atoms with Crippen LogP contribution in [0.5, 0.6) is 0 Å². The molecule has 0 amide bonds. The van der Waals surface area contributed by atoms with Crippen LogP contribution in [0.15, 0.2) is 48.5 Å². The maximum absolute atomic E-state index is 4.24. The molecule has 6 heteroatoms. The van der Waals surface area contributed by atoms with Crippen LogP contribution in [0.1, 0.15) is 13.1 Å². The van der Waals surface area contributed by atoms with E-state index in [1.165, 1.54) is 0 Å². The molecule has 0 N–H and O–H groups in total. The van der Waals surface area contributed by atoms with Crippen LogP contribution >= 0.6 is 0 Å². The molecule has 0 bridgehead atoms. The number of nitrogens with zero attached hydrogens (tertiary/aromatic N) is 6. The number of rotatable bonds is 2. The van der Waals surface area contributed by atoms with E-state index in [0.717, 1.165) is 22.1 Å². The lowest BCUT2D eigenvalue weighted by Crippen LogP contribution is -2.17. The van der Waals surface area contributed by atoms with Gasteiger partial charge in [0.05, 0.1) is 11.0 Å². The number of fused-ring (bicyclic) bond motifs is 2. The summed E-state index contributed by atoms with van der Waals surface area (Å²) in [6.07, 6.45) is -0.0881. The van der Waals surface area contributed by atoms with E-state index >= 15 is 0 Å². The third-order valence-corrected chi connectivity index (χ3v) is 3.46. The molecular weight excluding hydrogens is 252 g/mol. The lowest BCUT2D eigenvalue weighted by molar-refractivity contribution is 0.394. The van der Waals surface area contributed by atoms with E-state index in [1.54, 1.807) is 0 Å². The summed E-state index contributed by atoms with van der Waals surface area (Å²) >= 11 is 0. The molecular formula is C14H12N6. The molecule has 2 aromatic carbocycles. The summed E-state index contributed by atoms with van der Waals surface area (Å²) < 4.78 is 3.72. The largest absolute Gasteiger partial charge is 0.220 e. The fourth-order valence-electron chi connectivity index (χ4n) is 2.43. The zero-order valence-electron chi connectivity index (χ0n) is 10.9. The average Bonchev–Trinajstić information content (AvgIpc) is 3.11. The number of para-hydroxylation sites is 2. The van der Waals surface area contributed by atoms with Gasteiger partial charge in [-0.15, -0.1) is 10.2 Å². The number of hydrogen-bond donors (Lipinski definition) is 0. The van der Waals surface area contributed by atoms with Crippen molar-refractivity contribution in [2.45, 2.75) is 13.1 Å². The van der Waals surface area contributed by atoms with Gasteiger partial charge in [-0.2, -0.15) is 0 Å². The maximum Gasteiger partial charge on any atom is 0.145 e. The van der Waals surface area contributed by atoms with Crippen molar-refractivity contribution >= 4 is 22.1 Å². The van der Waals surface area contributed by atoms with E-state index < -0.39 is 0 Å². The zero-order chi connectivity index (χ0) is 13.5. The van der Waals surface area contributed by atoms with Crippen molar-refractivity contribution in [1.82, 2.24) is 30.0 Å². The third kappa shape index (κ3) is 1.51. The minimum Gasteiger partial charge on any atom is -0.220 e. The van der Waals surface area contributed by atoms with Crippen LogP contribution in [-0.4, -0.2) is 30.0 Å². The van der Waals surface area contributed by atoms with Gasteiger partial charge in [0.25, 0.3) is 0 Å². The van der Waals surface area contributed by atoms with Gasteiger partial charge in [-0.3, -0.25) is 0 Å². The van der Waals surface area contributed by atoms with Gasteiger partial charge in [-0.05, 0) is 31.2 Å². The van der Waals surface area contributed by atoms with Gasteiger partial charge < -0.3 is 0 Å². The molecule has 0 aliphatic carbocycles. The lowest BCUT2D eigenvalue weighted by Gasteiger charge is -2.13. The topological polar surface area (TPSA) is 61.4 Å². The normalized spacial score (nSPS) is 11.7. The van der Waals surface area contributed by atoms with Crippen LogP contribution in [0, 0.1) is 0 Å². The summed E-state index contributed by atoms with van der Waals surface area (Å²) in [6.45, 7) is 2.03. The van der Waals surface area contributed by atoms with Gasteiger partial charge >= 0.3 is 0 Å². The Hall–Kier alpha value is -2.76. The molecule has 0 aliphatic rings. The predicted octanol–water partition coefficient (Wildman–Crippen LogP) is 2.24. The standard InChI is InChI=1S/C14H12N6/c1-10(19-13-8-4-2-6-11(13)15-17-19)20-14-9-5-3-7-12(14)16-18-20/h2-10H,1H3. The first-order chi connectivity index (χ1) is 9.84. The van der Waals surface area contributed by atoms with Crippen LogP contribution in [0.4, 0.5) is 0 Å². The van der Waals surface area contributed by atoms with Crippen molar-refractivity contribution in [3.63, 3.8) is 0 Å². The summed E-state index contributed by atoms with van der Waals surface area (Å²) in [5.74, 6) is 0. The minimum atomic E-state index is -0.0881. The van der Waals surface area contributed by atoms with Gasteiger partial charge in [0.1, 0.15) is 17.2 Å². The van der Waals surface area contributed by atoms with E-state index in [1.807, 2.05) is 64.8 Å². The van der Waals surface area contributed by atoms with E-state index in [9.17, 15) is 0 Å². The summed E-state index contributed by atoms with van der Waals surface area (Å²) in [7, 11) is 0. The highest BCUT2D eigenvalue weighted by Crippen LogP contribution is 2.20. The number of benzene rings is 2. The summed E-state index contributed by atoms with van der Waals surface area (Å²) in [5.41, 5.74) is 3.73. The van der Waals surface area contributed by atoms with Crippen molar-refractivity contribution in [3.8, 4) is 0 Å². The Bertz CT molecular complexity index is 817. The van der Waals surface area contributed by atoms with Gasteiger partial charge in [-0.25, -0.2) is 9.36 Å². The molecule has 2 heterocycles. The molecule has 0 atom stereocenters. The fourth-order valence-corrected chi connectivity index (χ4v) is 2.43. The van der Waals surface area contributed by atoms with E-state index in [0.29, 0.717) is 0 Å². The minimum absolute atomic E-state index is 0.0881. The van der Waals surface area contributed by atoms with Crippen LogP contribution in [0.25, 0.3) is 22.1 Å². The Balaban J connectivity index is 1.90. The fraction of sp³-hybridized carbons (Fsp3) is 0.143. The molecule has 0 saturated carbocycles. The predicted molar refractivity (Wildman–Crippen MR) is 75.2 cm³/mol. The Kier molecular flexibility index (Phi) is 2.29. The average molecular weight is 264 g/mol. The highest BCUT2D eigenvalue weighted by molar-refractivity contribution is 5.75. The van der Waals surface area contributed by atoms with Gasteiger partial charge in [0.15, 0.2) is 0 Å². The van der Waals surface area contributed by atoms with E-state index in [4.69, 9.17) is 0 Å². The molecule has 0 unspecified atom stereocenters. The smallest absolute Gasteiger partial charge is 0.145 e. The molecule has 0 aliphatic heterocycles. The summed E-state index contributed by atoms with van der Waals surface area (Å²) in [5, 5.41) is 16.8. The Morgan fingerprint density at radius 1 is 0.750 bits per heavy atom.